The molecule has 2 unspecified atom stereocenters. The maximum absolute atomic E-state index is 15.5. The standard InChI is InChI=1S/C85H119N21O20S2/c1-9-10-22-66-84(126)103(7)47(5)71(113)94-55(21-15-30-90-85(88)89)74(116)101-63(73(115)92-39-69(87)111)43-127-44-70(112)93-58(34-48-26-28-51(109)29-27-48)80(122)102(6)46(4)72(114)96-60(37-68(86)110)83(125)106-32-17-24-65(106)79(121)100-62(41-108)77(119)97-57(33-45(2)3)82(124)105-31-16-23-64(105)78(120)95-56(35-49-38-91-54-20-13-11-18-52(49)54)75(117)99-61(40-107)76(118)98-59(81(123)104(66)8)36-50-42-128-67-25-14-12-19-53(50)67/h11-14,18-20,25-29,38,42,45-47,55-66,91,107-109H,9-10,15-17,21-24,30-37,39-41,43-44H2,1-8H3,(H2,86,110)(H2,87,111)(H,92,115)(H,93,112)(H,94,113)(H,95,120)(H,96,114)(H,97,119)(H,98,118)(H,99,117)(H,100,121)(H,101,116)(H4,88,89,90)/t46-,47-,55-,56-,57-,58?,59-,60-,61-,62-,63?,64-,65-,66-/m0/s1. The van der Waals surface area contributed by atoms with Gasteiger partial charge < -0.3 is 120 Å². The van der Waals surface area contributed by atoms with Crippen molar-refractivity contribution in [2.75, 3.05) is 72.0 Å². The summed E-state index contributed by atoms with van der Waals surface area (Å²) in [5.41, 5.74) is 18.8. The molecule has 128 heavy (non-hydrogen) atoms. The summed E-state index contributed by atoms with van der Waals surface area (Å²) in [4.78, 5) is 255. The van der Waals surface area contributed by atoms with E-state index in [2.05, 4.69) is 63.5 Å². The molecule has 3 aromatic carbocycles. The van der Waals surface area contributed by atoms with E-state index in [1.165, 1.54) is 75.5 Å². The van der Waals surface area contributed by atoms with Crippen LogP contribution in [0.3, 0.4) is 0 Å². The maximum atomic E-state index is 15.5. The molecule has 3 aliphatic rings. The van der Waals surface area contributed by atoms with Crippen molar-refractivity contribution in [1.29, 1.82) is 5.41 Å². The number of phenolic OH excluding ortho intramolecular Hbond substituents is 1. The number of aliphatic hydroxyl groups is 2. The lowest BCUT2D eigenvalue weighted by molar-refractivity contribution is -0.149. The minimum atomic E-state index is -1.84. The number of nitrogens with two attached hydrogens (primary N) is 3. The molecule has 0 spiro atoms. The van der Waals surface area contributed by atoms with Gasteiger partial charge in [-0.3, -0.25) is 86.9 Å². The van der Waals surface area contributed by atoms with Crippen LogP contribution in [0.5, 0.6) is 5.75 Å². The SMILES string of the molecule is CCCC[C@H]1C(=O)N(C)[C@@H](C)C(=O)N[C@@H](CCCNC(=N)N)C(=O)NC(C(=O)NCC(N)=O)CSCC(=O)NC(Cc2ccc(O)cc2)C(=O)N(C)[C@@H](C)C(=O)N[C@@H](CC(N)=O)C(=O)N2CCC[C@H]2C(=O)N[C@@H](CO)C(=O)N[C@@H](CC(C)C)C(=O)N2CCC[C@H]2C(=O)N[C@@H](Cc2c[nH]c3ccccc23)C(=O)N[C@@H](CO)C(=O)N[C@@H](Cc2csc3ccccc23)C(=O)N1C. The fourth-order valence-corrected chi connectivity index (χ4v) is 17.2. The van der Waals surface area contributed by atoms with Gasteiger partial charge in [0.2, 0.25) is 100 Å². The van der Waals surface area contributed by atoms with E-state index >= 15 is 28.8 Å². The van der Waals surface area contributed by atoms with Crippen LogP contribution in [0.15, 0.2) is 84.4 Å². The number of aromatic amines is 1. The smallest absolute Gasteiger partial charge is 0.246 e. The fourth-order valence-electron chi connectivity index (χ4n) is 15.4. The van der Waals surface area contributed by atoms with Gasteiger partial charge in [0, 0.05) is 87.6 Å². The number of nitrogens with one attached hydrogen (secondary N) is 13. The summed E-state index contributed by atoms with van der Waals surface area (Å²) < 4.78 is 0.818. The van der Waals surface area contributed by atoms with Crippen LogP contribution in [0.2, 0.25) is 0 Å². The first-order chi connectivity index (χ1) is 60.8. The molecule has 5 aromatic rings. The van der Waals surface area contributed by atoms with Gasteiger partial charge in [0.25, 0.3) is 0 Å². The fraction of sp³-hybridized carbons (Fsp3) is 0.529. The van der Waals surface area contributed by atoms with E-state index in [4.69, 9.17) is 22.6 Å². The first-order valence-corrected chi connectivity index (χ1v) is 44.5. The second-order valence-corrected chi connectivity index (χ2v) is 34.5. The highest BCUT2D eigenvalue weighted by Gasteiger charge is 2.45. The van der Waals surface area contributed by atoms with E-state index in [0.717, 1.165) is 36.1 Å². The Hall–Kier alpha value is -12.5. The number of aromatic nitrogens is 1. The Morgan fingerprint density at radius 3 is 1.65 bits per heavy atom. The number of aromatic hydroxyl groups is 1. The zero-order valence-corrected chi connectivity index (χ0v) is 74.5. The number of unbranched alkanes of at least 4 members (excludes halogenated alkanes) is 1. The number of primary amides is 2. The first-order valence-electron chi connectivity index (χ1n) is 42.5. The molecular weight excluding hydrogens is 1700 g/mol. The average Bonchev–Trinajstić information content (AvgIpc) is 1.61. The molecule has 5 heterocycles. The van der Waals surface area contributed by atoms with Crippen molar-refractivity contribution in [2.24, 2.45) is 23.1 Å². The van der Waals surface area contributed by atoms with Gasteiger partial charge >= 0.3 is 0 Å². The van der Waals surface area contributed by atoms with Crippen LogP contribution in [-0.4, -0.2) is 308 Å². The number of hydrogen-bond acceptors (Lipinski definition) is 23. The van der Waals surface area contributed by atoms with Crippen molar-refractivity contribution >= 4 is 150 Å². The Labute approximate surface area is 748 Å². The number of likely N-dealkylation sites (N-methyl/N-ethyl adjacent to an activating group) is 3. The van der Waals surface area contributed by atoms with Crippen LogP contribution in [0, 0.1) is 11.3 Å². The third-order valence-electron chi connectivity index (χ3n) is 22.7. The van der Waals surface area contributed by atoms with E-state index in [9.17, 15) is 68.1 Å². The zero-order chi connectivity index (χ0) is 93.9. The van der Waals surface area contributed by atoms with E-state index in [-0.39, 0.29) is 102 Å². The average molecular weight is 1820 g/mol. The summed E-state index contributed by atoms with van der Waals surface area (Å²) in [6.45, 7) is 4.94. The van der Waals surface area contributed by atoms with E-state index in [1.54, 1.807) is 55.8 Å². The van der Waals surface area contributed by atoms with Crippen molar-refractivity contribution in [3.8, 4) is 5.75 Å². The molecule has 3 saturated heterocycles. The normalized spacial score (nSPS) is 24.9. The molecule has 0 aliphatic carbocycles. The van der Waals surface area contributed by atoms with Crippen LogP contribution in [0.25, 0.3) is 21.0 Å². The molecule has 14 atom stereocenters. The van der Waals surface area contributed by atoms with Gasteiger partial charge in [0.05, 0.1) is 31.9 Å². The van der Waals surface area contributed by atoms with Crippen molar-refractivity contribution in [3.63, 3.8) is 0 Å². The van der Waals surface area contributed by atoms with Crippen LogP contribution < -0.4 is 75.7 Å². The number of hydrogen-bond donors (Lipinski definition) is 19. The van der Waals surface area contributed by atoms with Crippen molar-refractivity contribution in [2.45, 2.75) is 209 Å². The van der Waals surface area contributed by atoms with Gasteiger partial charge in [-0.1, -0.05) is 82.1 Å². The van der Waals surface area contributed by atoms with Gasteiger partial charge in [-0.05, 0) is 123 Å². The number of H-pyrrole nitrogens is 1. The number of para-hydroxylation sites is 1. The number of rotatable bonds is 22. The summed E-state index contributed by atoms with van der Waals surface area (Å²) in [6, 6.07) is -1.76. The summed E-state index contributed by atoms with van der Waals surface area (Å²) in [5, 5.41) is 71.5. The van der Waals surface area contributed by atoms with Crippen LogP contribution >= 0.6 is 23.1 Å². The summed E-state index contributed by atoms with van der Waals surface area (Å²) >= 11 is 2.10. The molecule has 3 aliphatic heterocycles. The Bertz CT molecular complexity index is 4860. The van der Waals surface area contributed by atoms with Gasteiger partial charge in [-0.25, -0.2) is 0 Å². The molecule has 696 valence electrons. The number of thioether (sulfide) groups is 1. The first kappa shape index (κ1) is 101. The Morgan fingerprint density at radius 1 is 0.539 bits per heavy atom. The number of carbonyl (C=O) groups excluding carboxylic acids is 17. The summed E-state index contributed by atoms with van der Waals surface area (Å²) in [5.74, 6) is -17.9. The lowest BCUT2D eigenvalue weighted by Gasteiger charge is -2.35. The molecule has 22 N–H and O–H groups in total. The van der Waals surface area contributed by atoms with Gasteiger partial charge in [-0.15, -0.1) is 23.1 Å². The number of carbonyl (C=O) groups is 17. The quantitative estimate of drug-likeness (QED) is 0.0183. The molecule has 3 fully saturated rings. The molecular formula is C85H119N21O20S2. The summed E-state index contributed by atoms with van der Waals surface area (Å²) in [7, 11) is 3.83. The Kier molecular flexibility index (Phi) is 37.7. The highest BCUT2D eigenvalue weighted by molar-refractivity contribution is 8.00. The number of guanidine groups is 1. The number of benzene rings is 3. The molecule has 0 radical (unpaired) electrons. The lowest BCUT2D eigenvalue weighted by Crippen LogP contribution is -2.61. The second-order valence-electron chi connectivity index (χ2n) is 32.6. The predicted molar refractivity (Wildman–Crippen MR) is 473 cm³/mol. The van der Waals surface area contributed by atoms with Gasteiger partial charge in [0.15, 0.2) is 5.96 Å². The third kappa shape index (κ3) is 27.7. The molecule has 8 rings (SSSR count). The maximum Gasteiger partial charge on any atom is 0.246 e. The van der Waals surface area contributed by atoms with E-state index in [0.29, 0.717) is 45.8 Å². The van der Waals surface area contributed by atoms with Crippen LogP contribution in [0.4, 0.5) is 0 Å². The van der Waals surface area contributed by atoms with Gasteiger partial charge in [0.1, 0.15) is 90.3 Å². The highest BCUT2D eigenvalue weighted by Crippen LogP contribution is 2.30. The monoisotopic (exact) mass is 1820 g/mol. The highest BCUT2D eigenvalue weighted by atomic mass is 32.2. The third-order valence-corrected chi connectivity index (χ3v) is 24.8. The van der Waals surface area contributed by atoms with E-state index in [1.807, 2.05) is 25.1 Å². The molecule has 2 aromatic heterocycles. The second kappa shape index (κ2) is 47.9. The lowest BCUT2D eigenvalue weighted by atomic mass is 10.0. The predicted octanol–water partition coefficient (Wildman–Crippen LogP) is -3.31. The molecule has 43 heteroatoms. The van der Waals surface area contributed by atoms with Crippen molar-refractivity contribution in [3.05, 3.63) is 101 Å². The van der Waals surface area contributed by atoms with E-state index < -0.39 is 229 Å². The molecule has 0 bridgehead atoms. The topological polar surface area (TPSA) is 617 Å². The van der Waals surface area contributed by atoms with Crippen molar-refractivity contribution in [1.82, 2.24) is 88.0 Å². The minimum absolute atomic E-state index is 0.000361. The number of phenols is 1. The largest absolute Gasteiger partial charge is 0.508 e. The number of fused-ring (bicyclic) bond motifs is 4. The minimum Gasteiger partial charge on any atom is -0.508 e. The number of nitrogens with zero attached hydrogens (tertiary/aromatic N) is 5. The molecule has 41 nitrogen and oxygen atoms in total. The zero-order valence-electron chi connectivity index (χ0n) is 72.9. The molecule has 0 saturated carbocycles. The van der Waals surface area contributed by atoms with Gasteiger partial charge in [-0.2, -0.15) is 0 Å². The number of thiophene rings is 1. The molecule has 17 amide bonds. The Morgan fingerprint density at radius 2 is 1.05 bits per heavy atom. The van der Waals surface area contributed by atoms with Crippen LogP contribution in [0.1, 0.15) is 122 Å². The van der Waals surface area contributed by atoms with Crippen LogP contribution in [-0.2, 0) is 101 Å². The number of amides is 17. The number of aliphatic hydroxyl groups excluding tert-OH is 2. The Balaban J connectivity index is 1.16. The summed E-state index contributed by atoms with van der Waals surface area (Å²) in [6.07, 6.45) is 1.11. The van der Waals surface area contributed by atoms with Crippen molar-refractivity contribution < 1.29 is 96.8 Å².